The molecule has 1 aromatic carbocycles. The Kier molecular flexibility index (Phi) is 2.79. The number of aromatic nitrogens is 4. The van der Waals surface area contributed by atoms with Gasteiger partial charge in [-0.15, -0.1) is 0 Å². The molecule has 0 aliphatic heterocycles. The van der Waals surface area contributed by atoms with Gasteiger partial charge in [-0.05, 0) is 36.2 Å². The van der Waals surface area contributed by atoms with E-state index in [9.17, 15) is 4.39 Å². The van der Waals surface area contributed by atoms with Crippen LogP contribution in [0.25, 0.3) is 11.2 Å². The van der Waals surface area contributed by atoms with E-state index in [-0.39, 0.29) is 11.1 Å². The molecule has 0 aliphatic carbocycles. The van der Waals surface area contributed by atoms with Crippen LogP contribution in [0.4, 0.5) is 15.9 Å². The molecule has 0 fully saturated rings. The smallest absolute Gasteiger partial charge is 0.226 e. The monoisotopic (exact) mass is 277 g/mol. The van der Waals surface area contributed by atoms with Crippen molar-refractivity contribution in [1.82, 2.24) is 19.9 Å². The number of benzene rings is 1. The Balaban J connectivity index is 2.07. The molecule has 2 N–H and O–H groups in total. The SMILES string of the molecule is Cc1ccc(Nc2nc(Cl)nc3nc[nH]c23)c(F)c1. The largest absolute Gasteiger partial charge is 0.340 e. The molecule has 0 saturated heterocycles. The molecule has 0 saturated carbocycles. The van der Waals surface area contributed by atoms with Crippen LogP contribution in [0.2, 0.25) is 5.28 Å². The third-order valence-corrected chi connectivity index (χ3v) is 2.81. The molecule has 5 nitrogen and oxygen atoms in total. The number of anilines is 2. The van der Waals surface area contributed by atoms with Gasteiger partial charge in [0.05, 0.1) is 12.0 Å². The molecule has 0 spiro atoms. The van der Waals surface area contributed by atoms with Gasteiger partial charge < -0.3 is 10.3 Å². The quantitative estimate of drug-likeness (QED) is 0.706. The summed E-state index contributed by atoms with van der Waals surface area (Å²) in [6.07, 6.45) is 1.48. The van der Waals surface area contributed by atoms with Crippen LogP contribution < -0.4 is 5.32 Å². The molecule has 96 valence electrons. The first kappa shape index (κ1) is 11.9. The molecule has 7 heteroatoms. The van der Waals surface area contributed by atoms with E-state index in [1.165, 1.54) is 12.4 Å². The van der Waals surface area contributed by atoms with Crippen LogP contribution in [-0.2, 0) is 0 Å². The van der Waals surface area contributed by atoms with Crippen molar-refractivity contribution in [2.24, 2.45) is 0 Å². The Bertz CT molecular complexity index is 755. The molecule has 19 heavy (non-hydrogen) atoms. The summed E-state index contributed by atoms with van der Waals surface area (Å²) in [5, 5.41) is 2.94. The average Bonchev–Trinajstić information content (AvgIpc) is 2.80. The highest BCUT2D eigenvalue weighted by molar-refractivity contribution is 6.28. The summed E-state index contributed by atoms with van der Waals surface area (Å²) in [6.45, 7) is 1.82. The molecule has 0 unspecified atom stereocenters. The van der Waals surface area contributed by atoms with Crippen LogP contribution >= 0.6 is 11.6 Å². The summed E-state index contributed by atoms with van der Waals surface area (Å²) in [4.78, 5) is 14.9. The zero-order valence-electron chi connectivity index (χ0n) is 9.91. The lowest BCUT2D eigenvalue weighted by atomic mass is 10.2. The number of fused-ring (bicyclic) bond motifs is 1. The van der Waals surface area contributed by atoms with Gasteiger partial charge in [-0.25, -0.2) is 9.37 Å². The summed E-state index contributed by atoms with van der Waals surface area (Å²) < 4.78 is 13.8. The molecule has 0 radical (unpaired) electrons. The van der Waals surface area contributed by atoms with E-state index in [0.717, 1.165) is 5.56 Å². The minimum absolute atomic E-state index is 0.0506. The van der Waals surface area contributed by atoms with E-state index < -0.39 is 0 Å². The molecular formula is C12H9ClFN5. The molecule has 0 bridgehead atoms. The Morgan fingerprint density at radius 2 is 2.16 bits per heavy atom. The predicted molar refractivity (Wildman–Crippen MR) is 71.1 cm³/mol. The van der Waals surface area contributed by atoms with Crippen LogP contribution in [0.1, 0.15) is 5.56 Å². The van der Waals surface area contributed by atoms with E-state index in [1.807, 2.05) is 6.92 Å². The number of hydrogen-bond acceptors (Lipinski definition) is 4. The molecule has 2 heterocycles. The van der Waals surface area contributed by atoms with Crippen molar-refractivity contribution >= 4 is 34.3 Å². The minimum Gasteiger partial charge on any atom is -0.340 e. The Labute approximate surface area is 112 Å². The summed E-state index contributed by atoms with van der Waals surface area (Å²) in [5.41, 5.74) is 2.16. The normalized spacial score (nSPS) is 10.9. The van der Waals surface area contributed by atoms with Crippen molar-refractivity contribution in [2.75, 3.05) is 5.32 Å². The predicted octanol–water partition coefficient (Wildman–Crippen LogP) is 3.20. The van der Waals surface area contributed by atoms with Gasteiger partial charge in [0.2, 0.25) is 5.28 Å². The minimum atomic E-state index is -0.359. The first-order chi connectivity index (χ1) is 9.13. The first-order valence-corrected chi connectivity index (χ1v) is 5.91. The van der Waals surface area contributed by atoms with Crippen LogP contribution in [0.3, 0.4) is 0 Å². The number of nitrogens with zero attached hydrogens (tertiary/aromatic N) is 3. The lowest BCUT2D eigenvalue weighted by Gasteiger charge is -2.08. The van der Waals surface area contributed by atoms with Crippen LogP contribution in [-0.4, -0.2) is 19.9 Å². The number of hydrogen-bond donors (Lipinski definition) is 2. The van der Waals surface area contributed by atoms with Crippen LogP contribution in [0, 0.1) is 12.7 Å². The highest BCUT2D eigenvalue weighted by Crippen LogP contribution is 2.24. The maximum atomic E-state index is 13.8. The van der Waals surface area contributed by atoms with Gasteiger partial charge in [0, 0.05) is 0 Å². The third-order valence-electron chi connectivity index (χ3n) is 2.64. The second kappa shape index (κ2) is 4.47. The third kappa shape index (κ3) is 2.22. The van der Waals surface area contributed by atoms with Gasteiger partial charge in [0.25, 0.3) is 0 Å². The fourth-order valence-electron chi connectivity index (χ4n) is 1.75. The standard InChI is InChI=1S/C12H9ClFN5/c1-6-2-3-8(7(14)4-6)17-11-9-10(16-5-15-9)18-12(13)19-11/h2-5H,1H3,(H2,15,16,17,18,19). The Morgan fingerprint density at radius 3 is 2.95 bits per heavy atom. The lowest BCUT2D eigenvalue weighted by Crippen LogP contribution is -1.99. The van der Waals surface area contributed by atoms with Crippen LogP contribution in [0.5, 0.6) is 0 Å². The van der Waals surface area contributed by atoms with E-state index in [2.05, 4.69) is 25.3 Å². The van der Waals surface area contributed by atoms with E-state index in [1.54, 1.807) is 12.1 Å². The van der Waals surface area contributed by atoms with Crippen molar-refractivity contribution in [3.05, 3.63) is 41.2 Å². The fraction of sp³-hybridized carbons (Fsp3) is 0.0833. The highest BCUT2D eigenvalue weighted by Gasteiger charge is 2.11. The summed E-state index contributed by atoms with van der Waals surface area (Å²) >= 11 is 5.80. The molecular weight excluding hydrogens is 269 g/mol. The second-order valence-electron chi connectivity index (χ2n) is 4.05. The van der Waals surface area contributed by atoms with Gasteiger partial charge in [0.15, 0.2) is 11.5 Å². The summed E-state index contributed by atoms with van der Waals surface area (Å²) in [5.74, 6) is 0.0256. The fourth-order valence-corrected chi connectivity index (χ4v) is 1.91. The van der Waals surface area contributed by atoms with Gasteiger partial charge >= 0.3 is 0 Å². The van der Waals surface area contributed by atoms with E-state index in [0.29, 0.717) is 22.7 Å². The number of aryl methyl sites for hydroxylation is 1. The molecule has 0 amide bonds. The number of imidazole rings is 1. The number of halogens is 2. The number of nitrogens with one attached hydrogen (secondary N) is 2. The molecule has 0 aliphatic rings. The number of rotatable bonds is 2. The van der Waals surface area contributed by atoms with Gasteiger partial charge in [-0.2, -0.15) is 9.97 Å². The molecule has 3 rings (SSSR count). The maximum Gasteiger partial charge on any atom is 0.226 e. The Hall–Kier alpha value is -2.21. The van der Waals surface area contributed by atoms with Crippen molar-refractivity contribution in [2.45, 2.75) is 6.92 Å². The van der Waals surface area contributed by atoms with Gasteiger partial charge in [-0.1, -0.05) is 6.07 Å². The zero-order chi connectivity index (χ0) is 13.4. The second-order valence-corrected chi connectivity index (χ2v) is 4.39. The molecule has 3 aromatic rings. The highest BCUT2D eigenvalue weighted by atomic mass is 35.5. The lowest BCUT2D eigenvalue weighted by molar-refractivity contribution is 0.630. The molecule has 0 atom stereocenters. The van der Waals surface area contributed by atoms with E-state index >= 15 is 0 Å². The number of aromatic amines is 1. The first-order valence-electron chi connectivity index (χ1n) is 5.53. The van der Waals surface area contributed by atoms with Gasteiger partial charge in [0.1, 0.15) is 11.3 Å². The Morgan fingerprint density at radius 1 is 1.32 bits per heavy atom. The van der Waals surface area contributed by atoms with Crippen molar-refractivity contribution in [3.63, 3.8) is 0 Å². The summed E-state index contributed by atoms with van der Waals surface area (Å²) in [7, 11) is 0. The molecule has 2 aromatic heterocycles. The van der Waals surface area contributed by atoms with Crippen LogP contribution in [0.15, 0.2) is 24.5 Å². The van der Waals surface area contributed by atoms with Crippen molar-refractivity contribution < 1.29 is 4.39 Å². The van der Waals surface area contributed by atoms with Crippen molar-refractivity contribution in [1.29, 1.82) is 0 Å². The summed E-state index contributed by atoms with van der Waals surface area (Å²) in [6, 6.07) is 4.89. The van der Waals surface area contributed by atoms with E-state index in [4.69, 9.17) is 11.6 Å². The topological polar surface area (TPSA) is 66.5 Å². The zero-order valence-corrected chi connectivity index (χ0v) is 10.7. The number of H-pyrrole nitrogens is 1. The average molecular weight is 278 g/mol. The van der Waals surface area contributed by atoms with Gasteiger partial charge in [-0.3, -0.25) is 0 Å². The van der Waals surface area contributed by atoms with Crippen molar-refractivity contribution in [3.8, 4) is 0 Å². The maximum absolute atomic E-state index is 13.8.